The highest BCUT2D eigenvalue weighted by Crippen LogP contribution is 2.50. The first-order valence-electron chi connectivity index (χ1n) is 8.38. The molecule has 0 atom stereocenters. The van der Waals surface area contributed by atoms with Gasteiger partial charge in [0.15, 0.2) is 0 Å². The van der Waals surface area contributed by atoms with Crippen LogP contribution in [-0.2, 0) is 4.43 Å². The van der Waals surface area contributed by atoms with E-state index in [0.717, 1.165) is 0 Å². The van der Waals surface area contributed by atoms with Gasteiger partial charge in [-0.2, -0.15) is 0 Å². The molecule has 0 aliphatic rings. The standard InChI is InChI=1S/C24H26OSi2.10H2/c1-11-15-17-19-21-24(26(7,8)13-3,22-20-18-16-12-2)23(5,6)25-27(9,10)14-4;;;;;;;;;;/h1-2,13-14H,3-4H2,5-10H3;10*1H. The zero-order valence-corrected chi connectivity index (χ0v) is 19.1. The van der Waals surface area contributed by atoms with E-state index in [-0.39, 0.29) is 14.3 Å². The molecule has 0 N–H and O–H groups in total. The largest absolute Gasteiger partial charge is 0.406 e. The lowest BCUT2D eigenvalue weighted by Crippen LogP contribution is -2.56. The van der Waals surface area contributed by atoms with E-state index in [0.29, 0.717) is 0 Å². The van der Waals surface area contributed by atoms with Gasteiger partial charge in [0, 0.05) is 14.3 Å². The van der Waals surface area contributed by atoms with Crippen LogP contribution in [0, 0.1) is 72.1 Å². The fourth-order valence-corrected chi connectivity index (χ4v) is 7.08. The van der Waals surface area contributed by atoms with Gasteiger partial charge in [-0.3, -0.25) is 0 Å². The number of hydrogen-bond donors (Lipinski definition) is 0. The summed E-state index contributed by atoms with van der Waals surface area (Å²) in [5.74, 6) is 27.2. The first kappa shape index (κ1) is 24.2. The Kier molecular flexibility index (Phi) is 8.80. The third kappa shape index (κ3) is 6.16. The van der Waals surface area contributed by atoms with Crippen molar-refractivity contribution in [3.05, 3.63) is 24.6 Å². The minimum Gasteiger partial charge on any atom is -0.406 e. The summed E-state index contributed by atoms with van der Waals surface area (Å²) in [5.41, 5.74) is 3.11. The molecule has 0 radical (unpaired) electrons. The Bertz CT molecular complexity index is 899. The smallest absolute Gasteiger partial charge is 0.211 e. The summed E-state index contributed by atoms with van der Waals surface area (Å²) in [6.07, 6.45) is 10.4. The van der Waals surface area contributed by atoms with Crippen LogP contribution < -0.4 is 0 Å². The van der Waals surface area contributed by atoms with E-state index in [1.54, 1.807) is 0 Å². The van der Waals surface area contributed by atoms with Crippen molar-refractivity contribution < 1.29 is 18.7 Å². The van der Waals surface area contributed by atoms with Crippen molar-refractivity contribution >= 4 is 16.4 Å². The maximum Gasteiger partial charge on any atom is 0.211 e. The van der Waals surface area contributed by atoms with E-state index in [1.165, 1.54) is 0 Å². The van der Waals surface area contributed by atoms with Crippen LogP contribution in [0.2, 0.25) is 31.2 Å². The molecular formula is C24H46OSi2. The fourth-order valence-electron chi connectivity index (χ4n) is 2.74. The molecule has 0 aromatic heterocycles. The molecule has 0 rings (SSSR count). The highest BCUT2D eigenvalue weighted by Gasteiger charge is 2.55. The van der Waals surface area contributed by atoms with Gasteiger partial charge in [0.05, 0.1) is 5.60 Å². The second kappa shape index (κ2) is 9.80. The van der Waals surface area contributed by atoms with Gasteiger partial charge < -0.3 is 4.43 Å². The lowest BCUT2D eigenvalue weighted by Gasteiger charge is -2.49. The zero-order chi connectivity index (χ0) is 21.2. The molecule has 0 spiro atoms. The molecule has 3 heteroatoms. The molecule has 0 aliphatic carbocycles. The number of rotatable bonds is 6. The van der Waals surface area contributed by atoms with Crippen LogP contribution in [-0.4, -0.2) is 22.0 Å². The van der Waals surface area contributed by atoms with Gasteiger partial charge in [-0.1, -0.05) is 36.3 Å². The molecular weight excluding hydrogens is 360 g/mol. The molecule has 0 heterocycles. The Balaban J connectivity index is -0.0000000751. The van der Waals surface area contributed by atoms with E-state index in [9.17, 15) is 0 Å². The second-order valence-electron chi connectivity index (χ2n) is 7.38. The third-order valence-electron chi connectivity index (χ3n) is 4.28. The van der Waals surface area contributed by atoms with E-state index in [1.807, 2.05) is 25.2 Å². The highest BCUT2D eigenvalue weighted by atomic mass is 28.4. The van der Waals surface area contributed by atoms with E-state index >= 15 is 0 Å². The Morgan fingerprint density at radius 1 is 0.815 bits per heavy atom. The Hall–Kier alpha value is -2.77. The lowest BCUT2D eigenvalue weighted by molar-refractivity contribution is 0.0867. The summed E-state index contributed by atoms with van der Waals surface area (Å²) in [6.45, 7) is 20.4. The van der Waals surface area contributed by atoms with Gasteiger partial charge in [0.25, 0.3) is 0 Å². The topological polar surface area (TPSA) is 9.23 Å². The van der Waals surface area contributed by atoms with Crippen LogP contribution >= 0.6 is 0 Å². The van der Waals surface area contributed by atoms with Crippen molar-refractivity contribution in [2.75, 3.05) is 0 Å². The van der Waals surface area contributed by atoms with E-state index < -0.39 is 27.0 Å². The maximum absolute atomic E-state index is 6.57. The molecule has 156 valence electrons. The second-order valence-corrected chi connectivity index (χ2v) is 15.8. The van der Waals surface area contributed by atoms with Crippen molar-refractivity contribution in [3.8, 4) is 72.1 Å². The molecule has 0 saturated carbocycles. The summed E-state index contributed by atoms with van der Waals surface area (Å²) in [7, 11) is -4.43. The predicted octanol–water partition coefficient (Wildman–Crippen LogP) is 6.63. The van der Waals surface area contributed by atoms with Crippen molar-refractivity contribution in [1.82, 2.24) is 0 Å². The van der Waals surface area contributed by atoms with Crippen LogP contribution in [0.25, 0.3) is 0 Å². The van der Waals surface area contributed by atoms with Gasteiger partial charge in [-0.05, 0) is 74.3 Å². The SMILES string of the molecule is C#CC#CC#CC(C#CC#CC#C)(C(C)(C)O[Si](C)(C)C=C)[Si](C)(C)C=C.[HH].[HH].[HH].[HH].[HH].[HH].[HH].[HH].[HH].[HH]. The maximum atomic E-state index is 6.57. The molecule has 0 amide bonds. The van der Waals surface area contributed by atoms with Crippen LogP contribution in [0.15, 0.2) is 24.6 Å². The van der Waals surface area contributed by atoms with Gasteiger partial charge in [0.2, 0.25) is 8.32 Å². The molecule has 0 saturated heterocycles. The zero-order valence-electron chi connectivity index (χ0n) is 17.1. The normalized spacial score (nSPS) is 10.5. The molecule has 1 nitrogen and oxygen atoms in total. The van der Waals surface area contributed by atoms with Crippen molar-refractivity contribution in [1.29, 1.82) is 0 Å². The molecule has 0 unspecified atom stereocenters. The Morgan fingerprint density at radius 3 is 1.59 bits per heavy atom. The first-order valence-corrected chi connectivity index (χ1v) is 14.4. The number of hydrogen-bond acceptors (Lipinski definition) is 1. The Labute approximate surface area is 183 Å². The minimum absolute atomic E-state index is 0. The highest BCUT2D eigenvalue weighted by molar-refractivity contribution is 6.87. The van der Waals surface area contributed by atoms with Crippen LogP contribution in [0.4, 0.5) is 0 Å². The molecule has 27 heavy (non-hydrogen) atoms. The summed E-state index contributed by atoms with van der Waals surface area (Å²) in [5, 5.41) is -0.832. The number of terminal acetylenes is 2. The average Bonchev–Trinajstić information content (AvgIpc) is 2.59. The van der Waals surface area contributed by atoms with E-state index in [4.69, 9.17) is 17.3 Å². The first-order chi connectivity index (χ1) is 12.4. The quantitative estimate of drug-likeness (QED) is 0.355. The van der Waals surface area contributed by atoms with Crippen molar-refractivity contribution in [3.63, 3.8) is 0 Å². The van der Waals surface area contributed by atoms with Crippen LogP contribution in [0.1, 0.15) is 28.1 Å². The molecule has 0 fully saturated rings. The molecule has 0 aliphatic heterocycles. The fraction of sp³-hybridized carbons (Fsp3) is 0.333. The summed E-state index contributed by atoms with van der Waals surface area (Å²) in [6, 6.07) is 0. The Morgan fingerprint density at radius 2 is 1.26 bits per heavy atom. The van der Waals surface area contributed by atoms with Crippen molar-refractivity contribution in [2.24, 2.45) is 0 Å². The predicted molar refractivity (Wildman–Crippen MR) is 143 cm³/mol. The molecule has 0 aromatic carbocycles. The van der Waals surface area contributed by atoms with Gasteiger partial charge in [-0.15, -0.1) is 26.0 Å². The average molecular weight is 407 g/mol. The van der Waals surface area contributed by atoms with Gasteiger partial charge >= 0.3 is 0 Å². The summed E-state index contributed by atoms with van der Waals surface area (Å²) in [4.78, 5) is 0. The molecule has 0 bridgehead atoms. The minimum atomic E-state index is -2.28. The lowest BCUT2D eigenvalue weighted by atomic mass is 9.90. The van der Waals surface area contributed by atoms with Crippen molar-refractivity contribution in [2.45, 2.75) is 50.7 Å². The summed E-state index contributed by atoms with van der Waals surface area (Å²) < 4.78 is 6.57. The molecule has 0 aromatic rings. The summed E-state index contributed by atoms with van der Waals surface area (Å²) >= 11 is 0. The van der Waals surface area contributed by atoms with E-state index in [2.05, 4.69) is 98.6 Å². The third-order valence-corrected chi connectivity index (χ3v) is 10.1. The van der Waals surface area contributed by atoms with Crippen LogP contribution in [0.3, 0.4) is 0 Å². The monoisotopic (exact) mass is 406 g/mol. The van der Waals surface area contributed by atoms with Gasteiger partial charge in [0.1, 0.15) is 13.1 Å². The van der Waals surface area contributed by atoms with Gasteiger partial charge in [-0.25, -0.2) is 0 Å². The van der Waals surface area contributed by atoms with Crippen LogP contribution in [0.5, 0.6) is 0 Å².